The summed E-state index contributed by atoms with van der Waals surface area (Å²) in [6, 6.07) is 0. The van der Waals surface area contributed by atoms with Crippen LogP contribution in [0.3, 0.4) is 0 Å². The molecule has 0 N–H and O–H groups in total. The SMILES string of the molecule is [Li].[Li].[Li].[O-2]. The minimum absolute atomic E-state index is 0. The molecule has 0 aliphatic rings. The van der Waals surface area contributed by atoms with Crippen LogP contribution in [0.2, 0.25) is 0 Å². The fourth-order valence-electron chi connectivity index (χ4n) is 0. The normalized spacial score (nSPS) is 0. The van der Waals surface area contributed by atoms with Gasteiger partial charge in [0.1, 0.15) is 0 Å². The summed E-state index contributed by atoms with van der Waals surface area (Å²) in [7, 11) is 0. The summed E-state index contributed by atoms with van der Waals surface area (Å²) in [6.07, 6.45) is 0. The summed E-state index contributed by atoms with van der Waals surface area (Å²) in [6.45, 7) is 0. The van der Waals surface area contributed by atoms with E-state index in [-0.39, 0.29) is 62.1 Å². The molecule has 0 aromatic carbocycles. The van der Waals surface area contributed by atoms with Gasteiger partial charge in [-0.2, -0.15) is 0 Å². The zero-order valence-electron chi connectivity index (χ0n) is 3.41. The van der Waals surface area contributed by atoms with Crippen molar-refractivity contribution in [2.75, 3.05) is 0 Å². The monoisotopic (exact) mass is 37.0 g/mol. The predicted octanol–water partition coefficient (Wildman–Crippen LogP) is -1.26. The Morgan fingerprint density at radius 1 is 0.500 bits per heavy atom. The van der Waals surface area contributed by atoms with Crippen LogP contribution in [0.25, 0.3) is 0 Å². The molecule has 0 aliphatic heterocycles. The van der Waals surface area contributed by atoms with Gasteiger partial charge in [-0.3, -0.25) is 0 Å². The smallest absolute Gasteiger partial charge is 0 e. The molecule has 0 aromatic heterocycles. The Morgan fingerprint density at radius 3 is 0.500 bits per heavy atom. The topological polar surface area (TPSA) is 28.5 Å². The fraction of sp³-hybridized carbons (Fsp3) is 0. The van der Waals surface area contributed by atoms with Gasteiger partial charge >= 0.3 is 0 Å². The first-order valence-corrected chi connectivity index (χ1v) is 0. The molecule has 0 saturated carbocycles. The van der Waals surface area contributed by atoms with Crippen LogP contribution in [0.1, 0.15) is 0 Å². The summed E-state index contributed by atoms with van der Waals surface area (Å²) < 4.78 is 0. The van der Waals surface area contributed by atoms with Crippen molar-refractivity contribution in [2.24, 2.45) is 0 Å². The van der Waals surface area contributed by atoms with Crippen LogP contribution in [0.5, 0.6) is 0 Å². The largest absolute Gasteiger partial charge is 2.00 e. The molecular formula is Li3O-2. The van der Waals surface area contributed by atoms with Gasteiger partial charge < -0.3 is 5.48 Å². The van der Waals surface area contributed by atoms with Gasteiger partial charge in [0.05, 0.1) is 0 Å². The third kappa shape index (κ3) is 9.26. The molecular weight excluding hydrogens is 36.8 g/mol. The van der Waals surface area contributed by atoms with E-state index in [9.17, 15) is 0 Å². The van der Waals surface area contributed by atoms with E-state index < -0.39 is 0 Å². The average molecular weight is 36.8 g/mol. The standard InChI is InChI=1S/3Li.O/q;;;-2. The Bertz CT molecular complexity index is 3.25. The first-order valence-electron chi connectivity index (χ1n) is 0. The molecule has 0 bridgehead atoms. The van der Waals surface area contributed by atoms with Crippen molar-refractivity contribution in [1.29, 1.82) is 0 Å². The molecule has 0 spiro atoms. The van der Waals surface area contributed by atoms with Gasteiger partial charge in [-0.15, -0.1) is 0 Å². The molecule has 0 atom stereocenters. The van der Waals surface area contributed by atoms with E-state index in [0.717, 1.165) is 0 Å². The first-order chi connectivity index (χ1) is 0. The van der Waals surface area contributed by atoms with Gasteiger partial charge in [0, 0.05) is 56.6 Å². The Morgan fingerprint density at radius 2 is 0.500 bits per heavy atom. The molecule has 0 unspecified atom stereocenters. The Hall–Kier alpha value is 1.75. The van der Waals surface area contributed by atoms with Gasteiger partial charge in [-0.1, -0.05) is 0 Å². The Balaban J connectivity index is 0. The van der Waals surface area contributed by atoms with Crippen LogP contribution in [0.15, 0.2) is 0 Å². The minimum Gasteiger partial charge on any atom is -2.00 e. The quantitative estimate of drug-likeness (QED) is 0.300. The van der Waals surface area contributed by atoms with Gasteiger partial charge in [-0.25, -0.2) is 0 Å². The number of hydrogen-bond acceptors (Lipinski definition) is 0. The molecule has 0 saturated heterocycles. The number of rotatable bonds is 0. The third-order valence-corrected chi connectivity index (χ3v) is 0. The van der Waals surface area contributed by atoms with Crippen molar-refractivity contribution in [3.8, 4) is 0 Å². The van der Waals surface area contributed by atoms with E-state index in [2.05, 4.69) is 0 Å². The van der Waals surface area contributed by atoms with Crippen LogP contribution in [0.4, 0.5) is 0 Å². The Labute approximate surface area is 61.7 Å². The zero-order chi connectivity index (χ0) is 0. The molecule has 4 heteroatoms. The van der Waals surface area contributed by atoms with Crippen molar-refractivity contribution < 1.29 is 5.48 Å². The van der Waals surface area contributed by atoms with E-state index in [1.54, 1.807) is 0 Å². The summed E-state index contributed by atoms with van der Waals surface area (Å²) in [5.74, 6) is 0. The number of hydrogen-bond donors (Lipinski definition) is 0. The van der Waals surface area contributed by atoms with Crippen LogP contribution in [-0.2, 0) is 5.48 Å². The first kappa shape index (κ1) is 42.3. The van der Waals surface area contributed by atoms with E-state index in [4.69, 9.17) is 0 Å². The second kappa shape index (κ2) is 21.8. The van der Waals surface area contributed by atoms with Crippen LogP contribution < -0.4 is 0 Å². The zero-order valence-corrected chi connectivity index (χ0v) is 3.41. The van der Waals surface area contributed by atoms with Crippen molar-refractivity contribution in [1.82, 2.24) is 0 Å². The summed E-state index contributed by atoms with van der Waals surface area (Å²) in [4.78, 5) is 0. The summed E-state index contributed by atoms with van der Waals surface area (Å²) >= 11 is 0. The van der Waals surface area contributed by atoms with Gasteiger partial charge in [0.25, 0.3) is 0 Å². The molecule has 0 heterocycles. The molecule has 4 heavy (non-hydrogen) atoms. The molecule has 0 fully saturated rings. The molecule has 0 aliphatic carbocycles. The van der Waals surface area contributed by atoms with Crippen LogP contribution >= 0.6 is 0 Å². The molecule has 11 valence electrons. The van der Waals surface area contributed by atoms with E-state index in [1.165, 1.54) is 0 Å². The van der Waals surface area contributed by atoms with Crippen LogP contribution in [-0.4, -0.2) is 56.6 Å². The summed E-state index contributed by atoms with van der Waals surface area (Å²) in [5, 5.41) is 0. The second-order valence-corrected chi connectivity index (χ2v) is 0. The van der Waals surface area contributed by atoms with Crippen molar-refractivity contribution >= 4 is 56.6 Å². The van der Waals surface area contributed by atoms with Crippen molar-refractivity contribution in [3.63, 3.8) is 0 Å². The van der Waals surface area contributed by atoms with E-state index >= 15 is 0 Å². The second-order valence-electron chi connectivity index (χ2n) is 0. The minimum atomic E-state index is 0. The molecule has 0 aromatic rings. The van der Waals surface area contributed by atoms with Crippen LogP contribution in [0, 0.1) is 0 Å². The fourth-order valence-corrected chi connectivity index (χ4v) is 0. The summed E-state index contributed by atoms with van der Waals surface area (Å²) in [5.41, 5.74) is 0. The van der Waals surface area contributed by atoms with Crippen molar-refractivity contribution in [3.05, 3.63) is 0 Å². The molecule has 3 radical (unpaired) electrons. The van der Waals surface area contributed by atoms with E-state index in [0.29, 0.717) is 0 Å². The maximum Gasteiger partial charge on any atom is 0 e. The average Bonchev–Trinajstić information content (AvgIpc) is 0. The van der Waals surface area contributed by atoms with E-state index in [1.807, 2.05) is 0 Å². The van der Waals surface area contributed by atoms with Gasteiger partial charge in [0.2, 0.25) is 0 Å². The Kier molecular flexibility index (Phi) is 231. The molecule has 0 amide bonds. The molecule has 1 nitrogen and oxygen atoms in total. The van der Waals surface area contributed by atoms with Gasteiger partial charge in [0.15, 0.2) is 0 Å². The predicted molar refractivity (Wildman–Crippen MR) is 17.9 cm³/mol. The maximum atomic E-state index is 0. The van der Waals surface area contributed by atoms with Gasteiger partial charge in [-0.05, 0) is 0 Å². The maximum absolute atomic E-state index is 0. The molecule has 0 rings (SSSR count). The third-order valence-electron chi connectivity index (χ3n) is 0. The van der Waals surface area contributed by atoms with Crippen molar-refractivity contribution in [2.45, 2.75) is 0 Å².